The number of aryl methyl sites for hydroxylation is 1. The Morgan fingerprint density at radius 2 is 2.00 bits per heavy atom. The van der Waals surface area contributed by atoms with Gasteiger partial charge in [0.2, 0.25) is 0 Å². The summed E-state index contributed by atoms with van der Waals surface area (Å²) in [4.78, 5) is 6.28. The first-order valence-corrected chi connectivity index (χ1v) is 7.73. The number of pyridine rings is 1. The van der Waals surface area contributed by atoms with Crippen LogP contribution in [-0.4, -0.2) is 26.4 Å². The SMILES string of the molecule is Cc1cc(N2CCn3nc(CO)cc3C2)c2cc(F)cc(F)c2n1. The lowest BCUT2D eigenvalue weighted by atomic mass is 10.1. The van der Waals surface area contributed by atoms with Crippen molar-refractivity contribution < 1.29 is 13.9 Å². The van der Waals surface area contributed by atoms with Crippen LogP contribution >= 0.6 is 0 Å². The van der Waals surface area contributed by atoms with Crippen LogP contribution in [0.4, 0.5) is 14.5 Å². The van der Waals surface area contributed by atoms with Gasteiger partial charge in [-0.3, -0.25) is 4.68 Å². The second-order valence-corrected chi connectivity index (χ2v) is 6.00. The molecular weight excluding hydrogens is 314 g/mol. The van der Waals surface area contributed by atoms with E-state index in [4.69, 9.17) is 0 Å². The minimum Gasteiger partial charge on any atom is -0.390 e. The molecule has 1 aliphatic rings. The Kier molecular flexibility index (Phi) is 3.45. The van der Waals surface area contributed by atoms with E-state index < -0.39 is 11.6 Å². The third kappa shape index (κ3) is 2.41. The van der Waals surface area contributed by atoms with Crippen LogP contribution in [0.25, 0.3) is 10.9 Å². The fourth-order valence-electron chi connectivity index (χ4n) is 3.23. The van der Waals surface area contributed by atoms with Crippen LogP contribution in [0, 0.1) is 18.6 Å². The summed E-state index contributed by atoms with van der Waals surface area (Å²) in [5.74, 6) is -1.27. The summed E-state index contributed by atoms with van der Waals surface area (Å²) in [5.41, 5.74) is 3.21. The molecule has 0 radical (unpaired) electrons. The quantitative estimate of drug-likeness (QED) is 0.784. The van der Waals surface area contributed by atoms with Gasteiger partial charge in [-0.05, 0) is 25.1 Å². The molecule has 1 aliphatic heterocycles. The van der Waals surface area contributed by atoms with Crippen molar-refractivity contribution in [1.29, 1.82) is 0 Å². The molecule has 0 bridgehead atoms. The number of hydrogen-bond donors (Lipinski definition) is 1. The van der Waals surface area contributed by atoms with Crippen molar-refractivity contribution in [1.82, 2.24) is 14.8 Å². The maximum atomic E-state index is 14.1. The van der Waals surface area contributed by atoms with Gasteiger partial charge in [-0.25, -0.2) is 13.8 Å². The van der Waals surface area contributed by atoms with Gasteiger partial charge >= 0.3 is 0 Å². The Labute approximate surface area is 137 Å². The number of fused-ring (bicyclic) bond motifs is 2. The van der Waals surface area contributed by atoms with E-state index in [9.17, 15) is 13.9 Å². The van der Waals surface area contributed by atoms with E-state index in [0.717, 1.165) is 17.4 Å². The first-order valence-electron chi connectivity index (χ1n) is 7.73. The highest BCUT2D eigenvalue weighted by Gasteiger charge is 2.21. The maximum Gasteiger partial charge on any atom is 0.152 e. The third-order valence-electron chi connectivity index (χ3n) is 4.29. The minimum atomic E-state index is -0.653. The fraction of sp³-hybridized carbons (Fsp3) is 0.294. The van der Waals surface area contributed by atoms with Crippen LogP contribution in [0.5, 0.6) is 0 Å². The predicted octanol–water partition coefficient (Wildman–Crippen LogP) is 2.53. The number of hydrogen-bond acceptors (Lipinski definition) is 4. The molecule has 0 aliphatic carbocycles. The molecular formula is C17H16F2N4O. The lowest BCUT2D eigenvalue weighted by Gasteiger charge is -2.30. The van der Waals surface area contributed by atoms with Gasteiger partial charge in [0.1, 0.15) is 11.3 Å². The summed E-state index contributed by atoms with van der Waals surface area (Å²) in [6.07, 6.45) is 0. The molecule has 4 rings (SSSR count). The number of aliphatic hydroxyl groups is 1. The summed E-state index contributed by atoms with van der Waals surface area (Å²) >= 11 is 0. The highest BCUT2D eigenvalue weighted by atomic mass is 19.1. The monoisotopic (exact) mass is 330 g/mol. The number of halogens is 2. The van der Waals surface area contributed by atoms with Gasteiger partial charge in [-0.2, -0.15) is 5.10 Å². The zero-order valence-electron chi connectivity index (χ0n) is 13.1. The topological polar surface area (TPSA) is 54.2 Å². The number of aliphatic hydroxyl groups excluding tert-OH is 1. The largest absolute Gasteiger partial charge is 0.390 e. The fourth-order valence-corrected chi connectivity index (χ4v) is 3.23. The molecule has 24 heavy (non-hydrogen) atoms. The molecule has 0 saturated heterocycles. The first-order chi connectivity index (χ1) is 11.5. The Morgan fingerprint density at radius 3 is 2.79 bits per heavy atom. The average molecular weight is 330 g/mol. The lowest BCUT2D eigenvalue weighted by molar-refractivity contribution is 0.275. The smallest absolute Gasteiger partial charge is 0.152 e. The molecule has 3 heterocycles. The second kappa shape index (κ2) is 5.52. The van der Waals surface area contributed by atoms with Crippen LogP contribution < -0.4 is 4.90 Å². The standard InChI is InChI=1S/C17H16F2N4O/c1-10-4-16(14-5-11(18)6-15(19)17(14)20-10)22-2-3-23-13(8-22)7-12(9-24)21-23/h4-7,24H,2-3,8-9H2,1H3. The number of rotatable bonds is 2. The molecule has 5 nitrogen and oxygen atoms in total. The van der Waals surface area contributed by atoms with Crippen LogP contribution in [0.1, 0.15) is 17.1 Å². The van der Waals surface area contributed by atoms with E-state index in [2.05, 4.69) is 15.0 Å². The molecule has 2 aromatic heterocycles. The number of nitrogens with zero attached hydrogens (tertiary/aromatic N) is 4. The van der Waals surface area contributed by atoms with E-state index in [-0.39, 0.29) is 12.1 Å². The van der Waals surface area contributed by atoms with Crippen LogP contribution in [0.15, 0.2) is 24.3 Å². The molecule has 7 heteroatoms. The van der Waals surface area contributed by atoms with Gasteiger partial charge in [0, 0.05) is 29.4 Å². The Morgan fingerprint density at radius 1 is 1.17 bits per heavy atom. The van der Waals surface area contributed by atoms with Crippen molar-refractivity contribution in [3.8, 4) is 0 Å². The van der Waals surface area contributed by atoms with Gasteiger partial charge in [0.05, 0.1) is 31.1 Å². The van der Waals surface area contributed by atoms with E-state index >= 15 is 0 Å². The third-order valence-corrected chi connectivity index (χ3v) is 4.29. The number of anilines is 1. The molecule has 0 amide bonds. The van der Waals surface area contributed by atoms with Crippen molar-refractivity contribution in [2.75, 3.05) is 11.4 Å². The van der Waals surface area contributed by atoms with Gasteiger partial charge in [0.15, 0.2) is 5.82 Å². The van der Waals surface area contributed by atoms with Gasteiger partial charge in [0.25, 0.3) is 0 Å². The highest BCUT2D eigenvalue weighted by molar-refractivity contribution is 5.92. The summed E-state index contributed by atoms with van der Waals surface area (Å²) in [7, 11) is 0. The van der Waals surface area contributed by atoms with Crippen molar-refractivity contribution >= 4 is 16.6 Å². The molecule has 0 atom stereocenters. The zero-order valence-corrected chi connectivity index (χ0v) is 13.1. The highest BCUT2D eigenvalue weighted by Crippen LogP contribution is 2.31. The van der Waals surface area contributed by atoms with Crippen LogP contribution in [0.3, 0.4) is 0 Å². The van der Waals surface area contributed by atoms with Gasteiger partial charge in [-0.1, -0.05) is 0 Å². The van der Waals surface area contributed by atoms with E-state index in [1.54, 1.807) is 6.92 Å². The molecule has 3 aromatic rings. The number of benzene rings is 1. The Bertz CT molecular complexity index is 938. The predicted molar refractivity (Wildman–Crippen MR) is 85.6 cm³/mol. The van der Waals surface area contributed by atoms with Gasteiger partial charge < -0.3 is 10.0 Å². The minimum absolute atomic E-state index is 0.103. The van der Waals surface area contributed by atoms with Crippen LogP contribution in [-0.2, 0) is 19.7 Å². The Balaban J connectivity index is 1.82. The van der Waals surface area contributed by atoms with Crippen LogP contribution in [0.2, 0.25) is 0 Å². The van der Waals surface area contributed by atoms with Crippen molar-refractivity contribution in [3.05, 3.63) is 53.0 Å². The summed E-state index contributed by atoms with van der Waals surface area (Å²) in [6.45, 7) is 3.56. The van der Waals surface area contributed by atoms with Gasteiger partial charge in [-0.15, -0.1) is 0 Å². The molecule has 1 aromatic carbocycles. The van der Waals surface area contributed by atoms with E-state index in [1.165, 1.54) is 6.07 Å². The number of aromatic nitrogens is 3. The van der Waals surface area contributed by atoms with Crippen molar-refractivity contribution in [2.45, 2.75) is 26.6 Å². The van der Waals surface area contributed by atoms with Crippen molar-refractivity contribution in [3.63, 3.8) is 0 Å². The molecule has 1 N–H and O–H groups in total. The molecule has 124 valence electrons. The van der Waals surface area contributed by atoms with E-state index in [1.807, 2.05) is 16.8 Å². The maximum absolute atomic E-state index is 14.1. The molecule has 0 spiro atoms. The zero-order chi connectivity index (χ0) is 16.8. The van der Waals surface area contributed by atoms with E-state index in [0.29, 0.717) is 36.4 Å². The normalized spacial score (nSPS) is 14.2. The Hall–Kier alpha value is -2.54. The van der Waals surface area contributed by atoms with Crippen molar-refractivity contribution in [2.24, 2.45) is 0 Å². The summed E-state index contributed by atoms with van der Waals surface area (Å²) in [5, 5.41) is 14.0. The molecule has 0 unspecified atom stereocenters. The second-order valence-electron chi connectivity index (χ2n) is 6.00. The average Bonchev–Trinajstić information content (AvgIpc) is 2.97. The first kappa shape index (κ1) is 15.0. The summed E-state index contributed by atoms with van der Waals surface area (Å²) < 4.78 is 29.7. The lowest BCUT2D eigenvalue weighted by Crippen LogP contribution is -2.34. The molecule has 0 saturated carbocycles. The molecule has 0 fully saturated rings. The summed E-state index contributed by atoms with van der Waals surface area (Å²) in [6, 6.07) is 5.88.